The van der Waals surface area contributed by atoms with Crippen molar-refractivity contribution in [2.45, 2.75) is 12.5 Å². The molecular weight excluding hydrogens is 216 g/mol. The highest BCUT2D eigenvalue weighted by Crippen LogP contribution is 2.18. The number of amides is 1. The van der Waals surface area contributed by atoms with E-state index >= 15 is 0 Å². The number of aromatic nitrogens is 1. The molecule has 88 valence electrons. The molecule has 1 aromatic heterocycles. The first kappa shape index (κ1) is 10.4. The Bertz CT molecular complexity index is 528. The second kappa shape index (κ2) is 3.89. The Morgan fingerprint density at radius 3 is 2.94 bits per heavy atom. The summed E-state index contributed by atoms with van der Waals surface area (Å²) < 4.78 is 0. The third kappa shape index (κ3) is 1.80. The predicted octanol–water partition coefficient (Wildman–Crippen LogP) is 1.37. The van der Waals surface area contributed by atoms with Crippen LogP contribution in [0.2, 0.25) is 0 Å². The normalized spacial score (nSPS) is 20.1. The van der Waals surface area contributed by atoms with Crippen LogP contribution < -0.4 is 0 Å². The van der Waals surface area contributed by atoms with E-state index < -0.39 is 0 Å². The first-order valence-electron chi connectivity index (χ1n) is 5.79. The van der Waals surface area contributed by atoms with Crippen LogP contribution in [0.1, 0.15) is 16.9 Å². The molecule has 1 aliphatic rings. The van der Waals surface area contributed by atoms with Crippen molar-refractivity contribution < 1.29 is 9.90 Å². The van der Waals surface area contributed by atoms with Crippen LogP contribution in [0.25, 0.3) is 10.9 Å². The average Bonchev–Trinajstić information content (AvgIpc) is 2.93. The van der Waals surface area contributed by atoms with E-state index in [1.807, 2.05) is 30.3 Å². The van der Waals surface area contributed by atoms with E-state index in [0.717, 1.165) is 10.9 Å². The van der Waals surface area contributed by atoms with E-state index in [4.69, 9.17) is 0 Å². The first-order valence-corrected chi connectivity index (χ1v) is 5.79. The summed E-state index contributed by atoms with van der Waals surface area (Å²) in [5.74, 6) is -0.0299. The number of H-pyrrole nitrogens is 1. The maximum absolute atomic E-state index is 12.1. The van der Waals surface area contributed by atoms with Gasteiger partial charge in [0.25, 0.3) is 5.91 Å². The van der Waals surface area contributed by atoms with Gasteiger partial charge in [0.1, 0.15) is 5.69 Å². The third-order valence-corrected chi connectivity index (χ3v) is 3.21. The van der Waals surface area contributed by atoms with Gasteiger partial charge in [0.2, 0.25) is 0 Å². The molecule has 0 saturated carbocycles. The number of aromatic amines is 1. The fraction of sp³-hybridized carbons (Fsp3) is 0.308. The molecule has 1 amide bonds. The molecule has 2 aromatic rings. The van der Waals surface area contributed by atoms with Gasteiger partial charge in [-0.15, -0.1) is 0 Å². The first-order chi connectivity index (χ1) is 8.24. The molecule has 0 bridgehead atoms. The number of carbonyl (C=O) groups is 1. The molecule has 4 heteroatoms. The summed E-state index contributed by atoms with van der Waals surface area (Å²) in [5.41, 5.74) is 1.57. The van der Waals surface area contributed by atoms with Crippen molar-refractivity contribution in [2.75, 3.05) is 13.1 Å². The number of rotatable bonds is 1. The minimum absolute atomic E-state index is 0.0299. The smallest absolute Gasteiger partial charge is 0.270 e. The topological polar surface area (TPSA) is 56.3 Å². The number of β-amino-alcohol motifs (C(OH)–C–C–N with tert-alkyl or cyclic N) is 1. The molecule has 3 rings (SSSR count). The van der Waals surface area contributed by atoms with E-state index in [1.54, 1.807) is 4.90 Å². The van der Waals surface area contributed by atoms with Gasteiger partial charge in [-0.2, -0.15) is 0 Å². The van der Waals surface area contributed by atoms with E-state index in [-0.39, 0.29) is 12.0 Å². The van der Waals surface area contributed by atoms with Crippen molar-refractivity contribution in [1.29, 1.82) is 0 Å². The third-order valence-electron chi connectivity index (χ3n) is 3.21. The van der Waals surface area contributed by atoms with Crippen LogP contribution in [0.4, 0.5) is 0 Å². The van der Waals surface area contributed by atoms with Gasteiger partial charge in [-0.05, 0) is 18.6 Å². The quantitative estimate of drug-likeness (QED) is 0.777. The lowest BCUT2D eigenvalue weighted by Crippen LogP contribution is -2.29. The number of fused-ring (bicyclic) bond motifs is 1. The van der Waals surface area contributed by atoms with E-state index in [0.29, 0.717) is 25.2 Å². The van der Waals surface area contributed by atoms with Gasteiger partial charge in [0.15, 0.2) is 0 Å². The van der Waals surface area contributed by atoms with Crippen LogP contribution in [-0.4, -0.2) is 40.1 Å². The lowest BCUT2D eigenvalue weighted by molar-refractivity contribution is 0.0760. The molecular formula is C13H14N2O2. The van der Waals surface area contributed by atoms with Crippen molar-refractivity contribution in [3.63, 3.8) is 0 Å². The molecule has 1 aromatic carbocycles. The Kier molecular flexibility index (Phi) is 2.37. The predicted molar refractivity (Wildman–Crippen MR) is 64.8 cm³/mol. The zero-order chi connectivity index (χ0) is 11.8. The lowest BCUT2D eigenvalue weighted by Gasteiger charge is -2.13. The Labute approximate surface area is 98.9 Å². The average molecular weight is 230 g/mol. The highest BCUT2D eigenvalue weighted by molar-refractivity contribution is 5.98. The molecule has 1 saturated heterocycles. The largest absolute Gasteiger partial charge is 0.391 e. The number of aliphatic hydroxyl groups is 1. The highest BCUT2D eigenvalue weighted by atomic mass is 16.3. The molecule has 4 nitrogen and oxygen atoms in total. The van der Waals surface area contributed by atoms with Gasteiger partial charge >= 0.3 is 0 Å². The monoisotopic (exact) mass is 230 g/mol. The maximum atomic E-state index is 12.1. The fourth-order valence-electron chi connectivity index (χ4n) is 2.29. The Morgan fingerprint density at radius 1 is 1.41 bits per heavy atom. The molecule has 17 heavy (non-hydrogen) atoms. The second-order valence-corrected chi connectivity index (χ2v) is 4.46. The minimum Gasteiger partial charge on any atom is -0.391 e. The molecule has 1 fully saturated rings. The SMILES string of the molecule is O=C(c1cc2ccccc2[nH]1)N1CC[C@H](O)C1. The number of aliphatic hydroxyl groups excluding tert-OH is 1. The summed E-state index contributed by atoms with van der Waals surface area (Å²) >= 11 is 0. The maximum Gasteiger partial charge on any atom is 0.270 e. The van der Waals surface area contributed by atoms with E-state index in [1.165, 1.54) is 0 Å². The molecule has 2 heterocycles. The number of nitrogens with zero attached hydrogens (tertiary/aromatic N) is 1. The molecule has 1 atom stereocenters. The van der Waals surface area contributed by atoms with Crippen LogP contribution >= 0.6 is 0 Å². The van der Waals surface area contributed by atoms with E-state index in [2.05, 4.69) is 4.98 Å². The molecule has 0 unspecified atom stereocenters. The van der Waals surface area contributed by atoms with Crippen molar-refractivity contribution in [2.24, 2.45) is 0 Å². The van der Waals surface area contributed by atoms with Gasteiger partial charge in [0.05, 0.1) is 6.10 Å². The van der Waals surface area contributed by atoms with Crippen LogP contribution in [0.5, 0.6) is 0 Å². The molecule has 0 radical (unpaired) electrons. The number of hydrogen-bond acceptors (Lipinski definition) is 2. The Balaban J connectivity index is 1.90. The molecule has 0 aliphatic carbocycles. The van der Waals surface area contributed by atoms with Gasteiger partial charge in [0, 0.05) is 24.0 Å². The number of benzene rings is 1. The zero-order valence-electron chi connectivity index (χ0n) is 9.39. The van der Waals surface area contributed by atoms with Gasteiger partial charge < -0.3 is 15.0 Å². The summed E-state index contributed by atoms with van der Waals surface area (Å²) in [6, 6.07) is 9.67. The molecule has 0 spiro atoms. The van der Waals surface area contributed by atoms with Crippen molar-refractivity contribution in [3.8, 4) is 0 Å². The van der Waals surface area contributed by atoms with Crippen molar-refractivity contribution >= 4 is 16.8 Å². The highest BCUT2D eigenvalue weighted by Gasteiger charge is 2.26. The van der Waals surface area contributed by atoms with E-state index in [9.17, 15) is 9.90 Å². The number of nitrogens with one attached hydrogen (secondary N) is 1. The Hall–Kier alpha value is -1.81. The summed E-state index contributed by atoms with van der Waals surface area (Å²) in [6.07, 6.45) is 0.301. The van der Waals surface area contributed by atoms with Crippen LogP contribution in [0.3, 0.4) is 0 Å². The van der Waals surface area contributed by atoms with Crippen molar-refractivity contribution in [1.82, 2.24) is 9.88 Å². The summed E-state index contributed by atoms with van der Waals surface area (Å²) in [5, 5.41) is 10.5. The fourth-order valence-corrected chi connectivity index (χ4v) is 2.29. The van der Waals surface area contributed by atoms with Gasteiger partial charge in [-0.25, -0.2) is 0 Å². The number of hydrogen-bond donors (Lipinski definition) is 2. The second-order valence-electron chi connectivity index (χ2n) is 4.46. The minimum atomic E-state index is -0.372. The number of likely N-dealkylation sites (tertiary alicyclic amines) is 1. The lowest BCUT2D eigenvalue weighted by atomic mass is 10.2. The van der Waals surface area contributed by atoms with Gasteiger partial charge in [-0.1, -0.05) is 18.2 Å². The number of carbonyl (C=O) groups excluding carboxylic acids is 1. The Morgan fingerprint density at radius 2 is 2.24 bits per heavy atom. The van der Waals surface area contributed by atoms with Crippen LogP contribution in [-0.2, 0) is 0 Å². The summed E-state index contributed by atoms with van der Waals surface area (Å²) in [7, 11) is 0. The summed E-state index contributed by atoms with van der Waals surface area (Å²) in [4.78, 5) is 16.9. The van der Waals surface area contributed by atoms with Crippen LogP contribution in [0.15, 0.2) is 30.3 Å². The summed E-state index contributed by atoms with van der Waals surface area (Å²) in [6.45, 7) is 1.07. The van der Waals surface area contributed by atoms with Crippen LogP contribution in [0, 0.1) is 0 Å². The van der Waals surface area contributed by atoms with Gasteiger partial charge in [-0.3, -0.25) is 4.79 Å². The molecule has 1 aliphatic heterocycles. The molecule has 2 N–H and O–H groups in total. The number of para-hydroxylation sites is 1. The zero-order valence-corrected chi connectivity index (χ0v) is 9.39. The standard InChI is InChI=1S/C13H14N2O2/c16-10-5-6-15(8-10)13(17)12-7-9-3-1-2-4-11(9)14-12/h1-4,7,10,14,16H,5-6,8H2/t10-/m0/s1. The van der Waals surface area contributed by atoms with Crippen molar-refractivity contribution in [3.05, 3.63) is 36.0 Å².